The second-order valence-corrected chi connectivity index (χ2v) is 10.7. The van der Waals surface area contributed by atoms with E-state index in [4.69, 9.17) is 9.47 Å². The van der Waals surface area contributed by atoms with Crippen molar-refractivity contribution in [3.63, 3.8) is 0 Å². The summed E-state index contributed by atoms with van der Waals surface area (Å²) in [6, 6.07) is 18.6. The summed E-state index contributed by atoms with van der Waals surface area (Å²) in [5.74, 6) is -2.48. The summed E-state index contributed by atoms with van der Waals surface area (Å²) in [6.45, 7) is 3.68. The monoisotopic (exact) mass is 599 g/mol. The molecule has 218 valence electrons. The van der Waals surface area contributed by atoms with Gasteiger partial charge in [-0.25, -0.2) is 9.78 Å². The number of nitro groups is 1. The predicted molar refractivity (Wildman–Crippen MR) is 158 cm³/mol. The van der Waals surface area contributed by atoms with Gasteiger partial charge in [0.2, 0.25) is 0 Å². The summed E-state index contributed by atoms with van der Waals surface area (Å²) >= 11 is 0.858. The third kappa shape index (κ3) is 5.60. The lowest BCUT2D eigenvalue weighted by atomic mass is 9.94. The number of nitro benzene ring substituents is 1. The van der Waals surface area contributed by atoms with Crippen molar-refractivity contribution in [1.29, 1.82) is 0 Å². The number of aromatic nitrogens is 1. The molecule has 4 aromatic rings. The molecule has 1 aliphatic rings. The Kier molecular flexibility index (Phi) is 8.04. The number of amides is 1. The van der Waals surface area contributed by atoms with Gasteiger partial charge >= 0.3 is 11.9 Å². The van der Waals surface area contributed by atoms with Crippen LogP contribution in [0.25, 0.3) is 5.76 Å². The second kappa shape index (κ2) is 11.9. The number of aliphatic hydroxyl groups excluding tert-OH is 1. The average Bonchev–Trinajstić information content (AvgIpc) is 3.52. The molecule has 1 amide bonds. The molecule has 0 spiro atoms. The van der Waals surface area contributed by atoms with Gasteiger partial charge < -0.3 is 14.6 Å². The number of benzene rings is 3. The van der Waals surface area contributed by atoms with Crippen LogP contribution < -0.4 is 9.64 Å². The van der Waals surface area contributed by atoms with Crippen molar-refractivity contribution in [2.45, 2.75) is 26.5 Å². The molecule has 0 bridgehead atoms. The fourth-order valence-corrected chi connectivity index (χ4v) is 5.75. The van der Waals surface area contributed by atoms with Gasteiger partial charge in [0.25, 0.3) is 11.5 Å². The van der Waals surface area contributed by atoms with Gasteiger partial charge in [0, 0.05) is 17.7 Å². The van der Waals surface area contributed by atoms with E-state index >= 15 is 0 Å². The normalized spacial score (nSPS) is 15.9. The molecule has 1 saturated heterocycles. The van der Waals surface area contributed by atoms with Crippen LogP contribution in [0.5, 0.6) is 5.75 Å². The van der Waals surface area contributed by atoms with E-state index in [0.717, 1.165) is 21.8 Å². The van der Waals surface area contributed by atoms with E-state index in [0.29, 0.717) is 23.5 Å². The van der Waals surface area contributed by atoms with Crippen LogP contribution >= 0.6 is 11.3 Å². The zero-order chi connectivity index (χ0) is 30.8. The van der Waals surface area contributed by atoms with E-state index in [1.165, 1.54) is 31.4 Å². The van der Waals surface area contributed by atoms with Crippen LogP contribution in [0.1, 0.15) is 43.7 Å². The highest BCUT2D eigenvalue weighted by atomic mass is 32.1. The number of non-ortho nitro benzene ring substituents is 1. The maximum Gasteiger partial charge on any atom is 0.350 e. The summed E-state index contributed by atoms with van der Waals surface area (Å²) in [5, 5.41) is 22.8. The number of rotatable bonds is 8. The summed E-state index contributed by atoms with van der Waals surface area (Å²) < 4.78 is 10.7. The van der Waals surface area contributed by atoms with E-state index in [9.17, 15) is 29.6 Å². The molecule has 1 fully saturated rings. The summed E-state index contributed by atoms with van der Waals surface area (Å²) in [4.78, 5) is 55.5. The number of aliphatic hydroxyl groups is 1. The van der Waals surface area contributed by atoms with Gasteiger partial charge in [0.05, 0.1) is 29.3 Å². The molecule has 11 nitrogen and oxygen atoms in total. The van der Waals surface area contributed by atoms with Crippen LogP contribution in [-0.2, 0) is 20.9 Å². The Morgan fingerprint density at radius 2 is 1.77 bits per heavy atom. The topological polar surface area (TPSA) is 149 Å². The zero-order valence-electron chi connectivity index (χ0n) is 23.3. The smallest absolute Gasteiger partial charge is 0.350 e. The van der Waals surface area contributed by atoms with Crippen molar-refractivity contribution in [3.8, 4) is 5.75 Å². The van der Waals surface area contributed by atoms with Crippen molar-refractivity contribution in [2.24, 2.45) is 0 Å². The second-order valence-electron chi connectivity index (χ2n) is 9.67. The minimum absolute atomic E-state index is 0.0308. The highest BCUT2D eigenvalue weighted by molar-refractivity contribution is 7.17. The number of ketones is 1. The van der Waals surface area contributed by atoms with E-state index < -0.39 is 34.4 Å². The highest BCUT2D eigenvalue weighted by Gasteiger charge is 2.48. The van der Waals surface area contributed by atoms with Crippen molar-refractivity contribution < 1.29 is 33.9 Å². The van der Waals surface area contributed by atoms with Crippen LogP contribution in [0, 0.1) is 24.0 Å². The maximum absolute atomic E-state index is 13.5. The number of aryl methyl sites for hydroxylation is 2. The first-order chi connectivity index (χ1) is 20.6. The Morgan fingerprint density at radius 1 is 1.07 bits per heavy atom. The molecule has 1 aliphatic heterocycles. The largest absolute Gasteiger partial charge is 0.507 e. The third-order valence-electron chi connectivity index (χ3n) is 6.91. The Labute approximate surface area is 249 Å². The van der Waals surface area contributed by atoms with Gasteiger partial charge in [0.15, 0.2) is 5.13 Å². The Bertz CT molecular complexity index is 1780. The highest BCUT2D eigenvalue weighted by Crippen LogP contribution is 2.44. The van der Waals surface area contributed by atoms with Gasteiger partial charge in [-0.15, -0.1) is 0 Å². The minimum Gasteiger partial charge on any atom is -0.507 e. The van der Waals surface area contributed by atoms with E-state index in [1.807, 2.05) is 30.3 Å². The first kappa shape index (κ1) is 29.1. The Balaban J connectivity index is 1.59. The average molecular weight is 600 g/mol. The molecule has 3 aromatic carbocycles. The molecule has 43 heavy (non-hydrogen) atoms. The predicted octanol–water partition coefficient (Wildman–Crippen LogP) is 5.66. The molecular formula is C31H25N3O8S. The van der Waals surface area contributed by atoms with Crippen molar-refractivity contribution in [2.75, 3.05) is 12.0 Å². The van der Waals surface area contributed by atoms with Crippen molar-refractivity contribution >= 4 is 45.6 Å². The van der Waals surface area contributed by atoms with Crippen molar-refractivity contribution in [3.05, 3.63) is 121 Å². The van der Waals surface area contributed by atoms with Crippen LogP contribution in [0.3, 0.4) is 0 Å². The molecule has 1 N–H and O–H groups in total. The summed E-state index contributed by atoms with van der Waals surface area (Å²) in [6.07, 6.45) is 0. The fraction of sp³-hybridized carbons (Fsp3) is 0.161. The first-order valence-electron chi connectivity index (χ1n) is 13.0. The number of carbonyl (C=O) groups is 3. The number of methoxy groups -OCH3 is 1. The SMILES string of the molecule is COC(=O)c1sc(N2C(=O)C(=O)C(=C(O)c3ccc(OCc4ccccc4)c(C)c3)[C@@H]2c2ccc([N+](=O)[O-])cc2)nc1C. The molecule has 0 saturated carbocycles. The van der Waals surface area contributed by atoms with Gasteiger partial charge in [-0.3, -0.25) is 24.6 Å². The Hall–Kier alpha value is -5.36. The number of anilines is 1. The van der Waals surface area contributed by atoms with E-state index in [2.05, 4.69) is 4.98 Å². The van der Waals surface area contributed by atoms with Crippen molar-refractivity contribution in [1.82, 2.24) is 4.98 Å². The number of ether oxygens (including phenoxy) is 2. The molecule has 0 radical (unpaired) electrons. The maximum atomic E-state index is 13.5. The van der Waals surface area contributed by atoms with Gasteiger partial charge in [-0.05, 0) is 60.9 Å². The standard InChI is InChI=1S/C31H25N3O8S/c1-17-15-21(11-14-23(17)42-16-19-7-5-4-6-8-19)26(35)24-25(20-9-12-22(13-10-20)34(39)40)33(29(37)27(24)36)31-32-18(2)28(43-31)30(38)41-3/h4-15,25,35H,16H2,1-3H3/t25-/m0/s1. The van der Waals surface area contributed by atoms with Crippen LogP contribution in [-0.4, -0.2) is 39.8 Å². The van der Waals surface area contributed by atoms with E-state index in [1.54, 1.807) is 32.0 Å². The number of Topliss-reactive ketones (excluding diaryl/α,β-unsaturated/α-hetero) is 1. The molecular weight excluding hydrogens is 574 g/mol. The lowest BCUT2D eigenvalue weighted by Gasteiger charge is -2.23. The lowest BCUT2D eigenvalue weighted by Crippen LogP contribution is -2.29. The van der Waals surface area contributed by atoms with Crippen LogP contribution in [0.2, 0.25) is 0 Å². The van der Waals surface area contributed by atoms with Crippen LogP contribution in [0.15, 0.2) is 78.4 Å². The Morgan fingerprint density at radius 3 is 2.40 bits per heavy atom. The van der Waals surface area contributed by atoms with E-state index in [-0.39, 0.29) is 32.5 Å². The molecule has 0 aliphatic carbocycles. The number of hydrogen-bond acceptors (Lipinski definition) is 10. The molecule has 12 heteroatoms. The van der Waals surface area contributed by atoms with Gasteiger partial charge in [0.1, 0.15) is 23.0 Å². The zero-order valence-corrected chi connectivity index (χ0v) is 24.1. The number of thiazole rings is 1. The number of hydrogen-bond donors (Lipinski definition) is 1. The molecule has 1 aromatic heterocycles. The number of esters is 1. The molecule has 1 atom stereocenters. The van der Waals surface area contributed by atoms with Gasteiger partial charge in [-0.2, -0.15) is 0 Å². The fourth-order valence-electron chi connectivity index (χ4n) is 4.74. The third-order valence-corrected chi connectivity index (χ3v) is 8.05. The molecule has 2 heterocycles. The molecule has 5 rings (SSSR count). The minimum atomic E-state index is -1.19. The van der Waals surface area contributed by atoms with Crippen LogP contribution in [0.4, 0.5) is 10.8 Å². The quantitative estimate of drug-likeness (QED) is 0.0676. The number of nitrogens with zero attached hydrogens (tertiary/aromatic N) is 3. The number of carbonyl (C=O) groups excluding carboxylic acids is 3. The summed E-state index contributed by atoms with van der Waals surface area (Å²) in [7, 11) is 1.21. The summed E-state index contributed by atoms with van der Waals surface area (Å²) in [5.41, 5.74) is 2.10. The van der Waals surface area contributed by atoms with Gasteiger partial charge in [-0.1, -0.05) is 41.7 Å². The molecule has 0 unspecified atom stereocenters. The lowest BCUT2D eigenvalue weighted by molar-refractivity contribution is -0.384. The first-order valence-corrected chi connectivity index (χ1v) is 13.8.